The second-order valence-electron chi connectivity index (χ2n) is 6.69. The van der Waals surface area contributed by atoms with E-state index in [0.717, 1.165) is 38.7 Å². The monoisotopic (exact) mass is 369 g/mol. The van der Waals surface area contributed by atoms with Crippen LogP contribution in [0.1, 0.15) is 6.92 Å². The van der Waals surface area contributed by atoms with E-state index in [4.69, 9.17) is 0 Å². The van der Waals surface area contributed by atoms with E-state index in [2.05, 4.69) is 44.9 Å². The quantitative estimate of drug-likeness (QED) is 0.826. The molecule has 0 N–H and O–H groups in total. The van der Waals surface area contributed by atoms with Crippen molar-refractivity contribution in [3.63, 3.8) is 0 Å². The highest BCUT2D eigenvalue weighted by Crippen LogP contribution is 2.37. The van der Waals surface area contributed by atoms with Gasteiger partial charge in [0.1, 0.15) is 0 Å². The average Bonchev–Trinajstić information content (AvgIpc) is 2.68. The van der Waals surface area contributed by atoms with Crippen molar-refractivity contribution in [3.8, 4) is 0 Å². The molecular weight excluding hydrogens is 346 g/mol. The molecule has 1 atom stereocenters. The lowest BCUT2D eigenvalue weighted by atomic mass is 10.2. The summed E-state index contributed by atoms with van der Waals surface area (Å²) in [5, 5.41) is 0.491. The Bertz CT molecular complexity index is 764. The standard InChI is InChI=1S/C19H23N5OS/c1-15-13-24(16-5-2-3-6-17(16)26-15)14-18(25)22-9-11-23(12-10-22)19-20-7-4-8-21-19/h2-8,15H,9-14H2,1H3. The van der Waals surface area contributed by atoms with Crippen LogP contribution in [-0.4, -0.2) is 65.3 Å². The fourth-order valence-corrected chi connectivity index (χ4v) is 4.67. The summed E-state index contributed by atoms with van der Waals surface area (Å²) in [4.78, 5) is 29.1. The van der Waals surface area contributed by atoms with Crippen LogP contribution in [0.4, 0.5) is 11.6 Å². The number of carbonyl (C=O) groups excluding carboxylic acids is 1. The molecule has 1 aromatic heterocycles. The molecule has 0 aliphatic carbocycles. The van der Waals surface area contributed by atoms with E-state index in [9.17, 15) is 4.79 Å². The smallest absolute Gasteiger partial charge is 0.242 e. The van der Waals surface area contributed by atoms with E-state index in [-0.39, 0.29) is 5.91 Å². The molecule has 1 amide bonds. The van der Waals surface area contributed by atoms with Crippen molar-refractivity contribution in [1.82, 2.24) is 14.9 Å². The first-order valence-corrected chi connectivity index (χ1v) is 9.89. The molecule has 1 fully saturated rings. The van der Waals surface area contributed by atoms with E-state index in [0.29, 0.717) is 11.8 Å². The minimum Gasteiger partial charge on any atom is -0.360 e. The van der Waals surface area contributed by atoms with Crippen LogP contribution >= 0.6 is 11.8 Å². The van der Waals surface area contributed by atoms with Crippen molar-refractivity contribution in [2.45, 2.75) is 17.1 Å². The topological polar surface area (TPSA) is 52.6 Å². The van der Waals surface area contributed by atoms with Gasteiger partial charge in [-0.15, -0.1) is 11.8 Å². The van der Waals surface area contributed by atoms with Gasteiger partial charge in [0.2, 0.25) is 11.9 Å². The normalized spacial score (nSPS) is 20.0. The molecule has 4 rings (SSSR count). The van der Waals surface area contributed by atoms with Crippen molar-refractivity contribution < 1.29 is 4.79 Å². The van der Waals surface area contributed by atoms with E-state index < -0.39 is 0 Å². The van der Waals surface area contributed by atoms with Gasteiger partial charge in [0.25, 0.3) is 0 Å². The summed E-state index contributed by atoms with van der Waals surface area (Å²) in [6.45, 7) is 6.57. The summed E-state index contributed by atoms with van der Waals surface area (Å²) in [5.41, 5.74) is 1.18. The maximum absolute atomic E-state index is 12.9. The summed E-state index contributed by atoms with van der Waals surface area (Å²) >= 11 is 1.89. The Balaban J connectivity index is 1.38. The van der Waals surface area contributed by atoms with Crippen LogP contribution in [0, 0.1) is 0 Å². The van der Waals surface area contributed by atoms with Gasteiger partial charge in [0.05, 0.1) is 12.2 Å². The fourth-order valence-electron chi connectivity index (χ4n) is 3.50. The molecule has 0 radical (unpaired) electrons. The van der Waals surface area contributed by atoms with Crippen LogP contribution in [0.3, 0.4) is 0 Å². The molecular formula is C19H23N5OS. The van der Waals surface area contributed by atoms with Crippen molar-refractivity contribution in [3.05, 3.63) is 42.7 Å². The Morgan fingerprint density at radius 3 is 2.62 bits per heavy atom. The minimum atomic E-state index is 0.201. The predicted octanol–water partition coefficient (Wildman–Crippen LogP) is 2.13. The van der Waals surface area contributed by atoms with Gasteiger partial charge in [-0.05, 0) is 18.2 Å². The van der Waals surface area contributed by atoms with E-state index in [1.807, 2.05) is 28.8 Å². The summed E-state index contributed by atoms with van der Waals surface area (Å²) in [5.74, 6) is 0.947. The molecule has 0 bridgehead atoms. The summed E-state index contributed by atoms with van der Waals surface area (Å²) < 4.78 is 0. The zero-order chi connectivity index (χ0) is 17.9. The van der Waals surface area contributed by atoms with Crippen LogP contribution in [-0.2, 0) is 4.79 Å². The van der Waals surface area contributed by atoms with E-state index >= 15 is 0 Å². The second kappa shape index (κ2) is 7.53. The molecule has 0 saturated carbocycles. The highest BCUT2D eigenvalue weighted by molar-refractivity contribution is 8.00. The van der Waals surface area contributed by atoms with Crippen molar-refractivity contribution >= 4 is 29.3 Å². The Kier molecular flexibility index (Phi) is 4.97. The van der Waals surface area contributed by atoms with Crippen LogP contribution in [0.15, 0.2) is 47.6 Å². The van der Waals surface area contributed by atoms with Gasteiger partial charge in [-0.2, -0.15) is 0 Å². The lowest BCUT2D eigenvalue weighted by Gasteiger charge is -2.38. The van der Waals surface area contributed by atoms with E-state index in [1.165, 1.54) is 10.6 Å². The van der Waals surface area contributed by atoms with E-state index in [1.54, 1.807) is 12.4 Å². The van der Waals surface area contributed by atoms with Crippen molar-refractivity contribution in [1.29, 1.82) is 0 Å². The lowest BCUT2D eigenvalue weighted by molar-refractivity contribution is -0.130. The number of hydrogen-bond donors (Lipinski definition) is 0. The molecule has 6 nitrogen and oxygen atoms in total. The van der Waals surface area contributed by atoms with Gasteiger partial charge in [-0.25, -0.2) is 9.97 Å². The van der Waals surface area contributed by atoms with Gasteiger partial charge >= 0.3 is 0 Å². The van der Waals surface area contributed by atoms with Crippen molar-refractivity contribution in [2.75, 3.05) is 49.1 Å². The van der Waals surface area contributed by atoms with Gasteiger partial charge in [-0.3, -0.25) is 4.79 Å². The molecule has 2 aromatic rings. The Morgan fingerprint density at radius 2 is 1.85 bits per heavy atom. The van der Waals surface area contributed by atoms with Crippen LogP contribution in [0.2, 0.25) is 0 Å². The number of benzene rings is 1. The predicted molar refractivity (Wildman–Crippen MR) is 105 cm³/mol. The Hall–Kier alpha value is -2.28. The number of fused-ring (bicyclic) bond motifs is 1. The number of piperazine rings is 1. The first-order valence-electron chi connectivity index (χ1n) is 9.01. The minimum absolute atomic E-state index is 0.201. The van der Waals surface area contributed by atoms with Crippen molar-refractivity contribution in [2.24, 2.45) is 0 Å². The number of para-hydroxylation sites is 1. The highest BCUT2D eigenvalue weighted by Gasteiger charge is 2.27. The maximum Gasteiger partial charge on any atom is 0.242 e. The van der Waals surface area contributed by atoms with Gasteiger partial charge in [-0.1, -0.05) is 19.1 Å². The third kappa shape index (κ3) is 3.62. The Morgan fingerprint density at radius 1 is 1.12 bits per heavy atom. The summed E-state index contributed by atoms with van der Waals surface area (Å²) in [6.07, 6.45) is 3.51. The maximum atomic E-state index is 12.9. The first-order chi connectivity index (χ1) is 12.7. The van der Waals surface area contributed by atoms with Gasteiger partial charge in [0.15, 0.2) is 0 Å². The molecule has 136 valence electrons. The highest BCUT2D eigenvalue weighted by atomic mass is 32.2. The number of nitrogens with zero attached hydrogens (tertiary/aromatic N) is 5. The second-order valence-corrected chi connectivity index (χ2v) is 8.17. The number of rotatable bonds is 3. The zero-order valence-electron chi connectivity index (χ0n) is 14.9. The van der Waals surface area contributed by atoms with Gasteiger partial charge in [0, 0.05) is 55.3 Å². The number of anilines is 2. The largest absolute Gasteiger partial charge is 0.360 e. The molecule has 26 heavy (non-hydrogen) atoms. The SMILES string of the molecule is CC1CN(CC(=O)N2CCN(c3ncccn3)CC2)c2ccccc2S1. The van der Waals surface area contributed by atoms with Crippen LogP contribution in [0.5, 0.6) is 0 Å². The average molecular weight is 369 g/mol. The molecule has 3 heterocycles. The summed E-state index contributed by atoms with van der Waals surface area (Å²) in [7, 11) is 0. The molecule has 2 aliphatic rings. The third-order valence-electron chi connectivity index (χ3n) is 4.81. The summed E-state index contributed by atoms with van der Waals surface area (Å²) in [6, 6.07) is 10.2. The molecule has 1 aromatic carbocycles. The number of amides is 1. The van der Waals surface area contributed by atoms with Crippen LogP contribution in [0.25, 0.3) is 0 Å². The van der Waals surface area contributed by atoms with Gasteiger partial charge < -0.3 is 14.7 Å². The molecule has 1 unspecified atom stereocenters. The number of thioether (sulfide) groups is 1. The Labute approximate surface area is 158 Å². The fraction of sp³-hybridized carbons (Fsp3) is 0.421. The third-order valence-corrected chi connectivity index (χ3v) is 5.96. The zero-order valence-corrected chi connectivity index (χ0v) is 15.7. The lowest BCUT2D eigenvalue weighted by Crippen LogP contribution is -2.52. The van der Waals surface area contributed by atoms with Crippen LogP contribution < -0.4 is 9.80 Å². The number of carbonyl (C=O) groups is 1. The first kappa shape index (κ1) is 17.1. The molecule has 1 saturated heterocycles. The number of hydrogen-bond acceptors (Lipinski definition) is 6. The number of aromatic nitrogens is 2. The molecule has 2 aliphatic heterocycles. The molecule has 0 spiro atoms. The molecule has 7 heteroatoms.